The van der Waals surface area contributed by atoms with Gasteiger partial charge in [-0.05, 0) is 24.5 Å². The fraction of sp³-hybridized carbons (Fsp3) is 0.500. The first-order chi connectivity index (χ1) is 8.65. The number of hydrazine groups is 1. The lowest BCUT2D eigenvalue weighted by Crippen LogP contribution is -2.41. The van der Waals surface area contributed by atoms with Gasteiger partial charge in [-0.15, -0.1) is 0 Å². The second-order valence-corrected chi connectivity index (χ2v) is 5.37. The van der Waals surface area contributed by atoms with E-state index >= 15 is 0 Å². The summed E-state index contributed by atoms with van der Waals surface area (Å²) in [5.41, 5.74) is 4.36. The zero-order valence-electron chi connectivity index (χ0n) is 10.1. The lowest BCUT2D eigenvalue weighted by Gasteiger charge is -2.27. The van der Waals surface area contributed by atoms with Crippen molar-refractivity contribution >= 4 is 21.6 Å². The second-order valence-electron chi connectivity index (χ2n) is 4.46. The topological polar surface area (TPSA) is 58.4 Å². The molecule has 1 aliphatic heterocycles. The Morgan fingerprint density at radius 1 is 1.28 bits per heavy atom. The van der Waals surface area contributed by atoms with Crippen LogP contribution in [-0.4, -0.2) is 23.0 Å². The average Bonchev–Trinajstić information content (AvgIpc) is 2.37. The minimum Gasteiger partial charge on any atom is -0.258 e. The molecule has 6 heteroatoms. The molecule has 1 heterocycles. The summed E-state index contributed by atoms with van der Waals surface area (Å²) < 4.78 is 0.743. The molecular formula is C12H16BrN3O2. The molecule has 1 aromatic carbocycles. The number of nitrogens with one attached hydrogen (secondary N) is 1. The minimum absolute atomic E-state index is 0.125. The highest BCUT2D eigenvalue weighted by molar-refractivity contribution is 9.10. The van der Waals surface area contributed by atoms with E-state index in [-0.39, 0.29) is 10.6 Å². The monoisotopic (exact) mass is 313 g/mol. The van der Waals surface area contributed by atoms with Crippen LogP contribution in [0.4, 0.5) is 5.69 Å². The standard InChI is InChI=1S/C12H16BrN3O2/c13-11-6-10(7-12(8-11)16(17)18)9-14-15-4-2-1-3-5-15/h6-8,14H,1-5,9H2. The number of benzene rings is 1. The molecule has 0 amide bonds. The van der Waals surface area contributed by atoms with Gasteiger partial charge in [0.1, 0.15) is 0 Å². The van der Waals surface area contributed by atoms with Gasteiger partial charge in [-0.1, -0.05) is 22.4 Å². The molecule has 0 unspecified atom stereocenters. The third-order valence-electron chi connectivity index (χ3n) is 3.02. The first kappa shape index (κ1) is 13.5. The van der Waals surface area contributed by atoms with Gasteiger partial charge in [0, 0.05) is 36.2 Å². The molecule has 0 aromatic heterocycles. The highest BCUT2D eigenvalue weighted by Gasteiger charge is 2.11. The minimum atomic E-state index is -0.366. The Labute approximate surface area is 114 Å². The van der Waals surface area contributed by atoms with Gasteiger partial charge < -0.3 is 0 Å². The van der Waals surface area contributed by atoms with Crippen LogP contribution in [0, 0.1) is 10.1 Å². The molecule has 1 aromatic rings. The van der Waals surface area contributed by atoms with Gasteiger partial charge in [0.05, 0.1) is 4.92 Å². The van der Waals surface area contributed by atoms with Crippen molar-refractivity contribution in [3.05, 3.63) is 38.3 Å². The van der Waals surface area contributed by atoms with E-state index in [4.69, 9.17) is 0 Å². The number of non-ortho nitro benzene ring substituents is 1. The smallest absolute Gasteiger partial charge is 0.258 e. The zero-order valence-corrected chi connectivity index (χ0v) is 11.6. The number of nitro benzene ring substituents is 1. The summed E-state index contributed by atoms with van der Waals surface area (Å²) in [4.78, 5) is 10.4. The van der Waals surface area contributed by atoms with Crippen LogP contribution in [0.5, 0.6) is 0 Å². The second kappa shape index (κ2) is 6.26. The van der Waals surface area contributed by atoms with Crippen molar-refractivity contribution in [2.75, 3.05) is 13.1 Å². The van der Waals surface area contributed by atoms with Crippen LogP contribution < -0.4 is 5.43 Å². The fourth-order valence-electron chi connectivity index (χ4n) is 2.10. The van der Waals surface area contributed by atoms with Crippen LogP contribution in [0.1, 0.15) is 24.8 Å². The fourth-order valence-corrected chi connectivity index (χ4v) is 2.62. The molecule has 0 bridgehead atoms. The molecule has 0 aliphatic carbocycles. The molecule has 2 rings (SSSR count). The Morgan fingerprint density at radius 2 is 2.00 bits per heavy atom. The van der Waals surface area contributed by atoms with E-state index in [1.54, 1.807) is 6.07 Å². The maximum absolute atomic E-state index is 10.8. The van der Waals surface area contributed by atoms with Gasteiger partial charge in [0.25, 0.3) is 5.69 Å². The maximum Gasteiger partial charge on any atom is 0.270 e. The van der Waals surface area contributed by atoms with Crippen molar-refractivity contribution in [1.29, 1.82) is 0 Å². The van der Waals surface area contributed by atoms with Gasteiger partial charge in [-0.25, -0.2) is 5.01 Å². The lowest BCUT2D eigenvalue weighted by atomic mass is 10.1. The summed E-state index contributed by atoms with van der Waals surface area (Å²) in [6.07, 6.45) is 3.72. The Morgan fingerprint density at radius 3 is 2.67 bits per heavy atom. The van der Waals surface area contributed by atoms with E-state index in [0.717, 1.165) is 23.1 Å². The molecule has 5 nitrogen and oxygen atoms in total. The Kier molecular flexibility index (Phi) is 4.68. The average molecular weight is 314 g/mol. The number of hydrogen-bond donors (Lipinski definition) is 1. The van der Waals surface area contributed by atoms with Gasteiger partial charge in [-0.3, -0.25) is 15.5 Å². The molecule has 18 heavy (non-hydrogen) atoms. The molecular weight excluding hydrogens is 298 g/mol. The van der Waals surface area contributed by atoms with Crippen molar-refractivity contribution in [3.8, 4) is 0 Å². The van der Waals surface area contributed by atoms with Gasteiger partial charge in [0.15, 0.2) is 0 Å². The van der Waals surface area contributed by atoms with Crippen molar-refractivity contribution in [2.24, 2.45) is 0 Å². The number of rotatable bonds is 4. The maximum atomic E-state index is 10.8. The van der Waals surface area contributed by atoms with Crippen molar-refractivity contribution < 1.29 is 4.92 Å². The summed E-state index contributed by atoms with van der Waals surface area (Å²) in [5.74, 6) is 0. The molecule has 98 valence electrons. The number of nitrogens with zero attached hydrogens (tertiary/aromatic N) is 2. The highest BCUT2D eigenvalue weighted by Crippen LogP contribution is 2.21. The predicted octanol–water partition coefficient (Wildman–Crippen LogP) is 2.85. The largest absolute Gasteiger partial charge is 0.270 e. The van der Waals surface area contributed by atoms with E-state index in [2.05, 4.69) is 26.4 Å². The van der Waals surface area contributed by atoms with Crippen molar-refractivity contribution in [2.45, 2.75) is 25.8 Å². The van der Waals surface area contributed by atoms with Gasteiger partial charge in [-0.2, -0.15) is 0 Å². The van der Waals surface area contributed by atoms with Crippen LogP contribution >= 0.6 is 15.9 Å². The Hall–Kier alpha value is -0.980. The van der Waals surface area contributed by atoms with E-state index < -0.39 is 0 Å². The Bertz CT molecular complexity index is 433. The quantitative estimate of drug-likeness (QED) is 0.686. The summed E-state index contributed by atoms with van der Waals surface area (Å²) in [6, 6.07) is 5.04. The predicted molar refractivity (Wildman–Crippen MR) is 73.1 cm³/mol. The molecule has 0 atom stereocenters. The van der Waals surface area contributed by atoms with Crippen LogP contribution in [0.2, 0.25) is 0 Å². The van der Waals surface area contributed by atoms with Crippen molar-refractivity contribution in [1.82, 2.24) is 10.4 Å². The third kappa shape index (κ3) is 3.76. The normalized spacial score (nSPS) is 16.7. The molecule has 1 aliphatic rings. The molecule has 0 spiro atoms. The van der Waals surface area contributed by atoms with Crippen LogP contribution in [0.15, 0.2) is 22.7 Å². The Balaban J connectivity index is 1.97. The van der Waals surface area contributed by atoms with Crippen LogP contribution in [0.3, 0.4) is 0 Å². The molecule has 1 N–H and O–H groups in total. The van der Waals surface area contributed by atoms with E-state index in [9.17, 15) is 10.1 Å². The number of hydrogen-bond acceptors (Lipinski definition) is 4. The molecule has 1 fully saturated rings. The number of piperidine rings is 1. The number of nitro groups is 1. The lowest BCUT2D eigenvalue weighted by molar-refractivity contribution is -0.385. The zero-order chi connectivity index (χ0) is 13.0. The highest BCUT2D eigenvalue weighted by atomic mass is 79.9. The van der Waals surface area contributed by atoms with Crippen LogP contribution in [-0.2, 0) is 6.54 Å². The number of halogens is 1. The van der Waals surface area contributed by atoms with Gasteiger partial charge in [0.2, 0.25) is 0 Å². The summed E-state index contributed by atoms with van der Waals surface area (Å²) in [5, 5.41) is 13.0. The van der Waals surface area contributed by atoms with E-state index in [1.165, 1.54) is 25.3 Å². The van der Waals surface area contributed by atoms with Crippen molar-refractivity contribution in [3.63, 3.8) is 0 Å². The van der Waals surface area contributed by atoms with Gasteiger partial charge >= 0.3 is 0 Å². The first-order valence-corrected chi connectivity index (χ1v) is 6.87. The summed E-state index contributed by atoms with van der Waals surface area (Å²) in [7, 11) is 0. The van der Waals surface area contributed by atoms with E-state index in [0.29, 0.717) is 6.54 Å². The van der Waals surface area contributed by atoms with E-state index in [1.807, 2.05) is 6.07 Å². The summed E-state index contributed by atoms with van der Waals surface area (Å²) >= 11 is 3.30. The molecule has 0 saturated carbocycles. The molecule has 1 saturated heterocycles. The summed E-state index contributed by atoms with van der Waals surface area (Å²) in [6.45, 7) is 2.73. The SMILES string of the molecule is O=[N+]([O-])c1cc(Br)cc(CNN2CCCCC2)c1. The van der Waals surface area contributed by atoms with Crippen LogP contribution in [0.25, 0.3) is 0 Å². The third-order valence-corrected chi connectivity index (χ3v) is 3.47. The first-order valence-electron chi connectivity index (χ1n) is 6.07. The molecule has 0 radical (unpaired) electrons.